The summed E-state index contributed by atoms with van der Waals surface area (Å²) in [6.45, 7) is 4.03. The van der Waals surface area contributed by atoms with Crippen molar-refractivity contribution in [1.29, 1.82) is 0 Å². The van der Waals surface area contributed by atoms with E-state index in [4.69, 9.17) is 4.74 Å². The van der Waals surface area contributed by atoms with Gasteiger partial charge in [0.1, 0.15) is 0 Å². The van der Waals surface area contributed by atoms with Gasteiger partial charge in [-0.2, -0.15) is 0 Å². The van der Waals surface area contributed by atoms with Crippen molar-refractivity contribution in [2.75, 3.05) is 6.61 Å². The molecule has 1 aliphatic rings. The van der Waals surface area contributed by atoms with Gasteiger partial charge in [-0.25, -0.2) is 0 Å². The summed E-state index contributed by atoms with van der Waals surface area (Å²) < 4.78 is 4.85. The summed E-state index contributed by atoms with van der Waals surface area (Å²) in [5, 5.41) is 9.20. The summed E-state index contributed by atoms with van der Waals surface area (Å²) in [7, 11) is 0. The lowest BCUT2D eigenvalue weighted by molar-refractivity contribution is -0.147. The normalized spacial score (nSPS) is 28.4. The fraction of sp³-hybridized carbons (Fsp3) is 0.667. The van der Waals surface area contributed by atoms with Crippen LogP contribution in [0.3, 0.4) is 0 Å². The molecule has 0 amide bonds. The zero-order chi connectivity index (χ0) is 9.14. The zero-order valence-corrected chi connectivity index (χ0v) is 7.41. The predicted octanol–water partition coefficient (Wildman–Crippen LogP) is 0.877. The van der Waals surface area contributed by atoms with Crippen molar-refractivity contribution >= 4 is 5.97 Å². The summed E-state index contributed by atoms with van der Waals surface area (Å²) in [5.74, 6) is -0.442. The highest BCUT2D eigenvalue weighted by Crippen LogP contribution is 2.26. The number of aliphatic hydroxyl groups excluding tert-OH is 1. The second kappa shape index (κ2) is 3.72. The first-order chi connectivity index (χ1) is 5.65. The van der Waals surface area contributed by atoms with Gasteiger partial charge in [-0.05, 0) is 20.3 Å². The van der Waals surface area contributed by atoms with Crippen molar-refractivity contribution in [2.45, 2.75) is 26.4 Å². The van der Waals surface area contributed by atoms with Gasteiger partial charge in [0.15, 0.2) is 0 Å². The Morgan fingerprint density at radius 1 is 1.83 bits per heavy atom. The monoisotopic (exact) mass is 170 g/mol. The van der Waals surface area contributed by atoms with E-state index in [0.717, 1.165) is 5.57 Å². The molecule has 3 heteroatoms. The van der Waals surface area contributed by atoms with Gasteiger partial charge < -0.3 is 9.84 Å². The molecule has 0 saturated carbocycles. The number of hydrogen-bond donors (Lipinski definition) is 1. The molecule has 1 aliphatic carbocycles. The SMILES string of the molecule is CCOC(=O)[C@@H]1C[C@H](O)C=C1C. The average Bonchev–Trinajstić information content (AvgIpc) is 2.30. The Kier molecular flexibility index (Phi) is 2.87. The molecule has 1 N–H and O–H groups in total. The van der Waals surface area contributed by atoms with Gasteiger partial charge >= 0.3 is 5.97 Å². The Morgan fingerprint density at radius 3 is 2.92 bits per heavy atom. The highest BCUT2D eigenvalue weighted by atomic mass is 16.5. The first kappa shape index (κ1) is 9.26. The van der Waals surface area contributed by atoms with E-state index in [1.165, 1.54) is 0 Å². The molecule has 0 saturated heterocycles. The maximum absolute atomic E-state index is 11.2. The summed E-state index contributed by atoms with van der Waals surface area (Å²) >= 11 is 0. The first-order valence-electron chi connectivity index (χ1n) is 4.18. The molecular formula is C9H14O3. The van der Waals surface area contributed by atoms with E-state index in [1.54, 1.807) is 13.0 Å². The van der Waals surface area contributed by atoms with Crippen LogP contribution >= 0.6 is 0 Å². The Bertz CT molecular complexity index is 208. The molecule has 3 nitrogen and oxygen atoms in total. The number of carbonyl (C=O) groups is 1. The number of carbonyl (C=O) groups excluding carboxylic acids is 1. The Balaban J connectivity index is 2.55. The summed E-state index contributed by atoms with van der Waals surface area (Å²) in [5.41, 5.74) is 0.918. The second-order valence-corrected chi connectivity index (χ2v) is 3.02. The third-order valence-electron chi connectivity index (χ3n) is 2.05. The molecular weight excluding hydrogens is 156 g/mol. The third-order valence-corrected chi connectivity index (χ3v) is 2.05. The molecule has 1 rings (SSSR count). The quantitative estimate of drug-likeness (QED) is 0.494. The van der Waals surface area contributed by atoms with E-state index in [-0.39, 0.29) is 11.9 Å². The lowest BCUT2D eigenvalue weighted by atomic mass is 10.0. The van der Waals surface area contributed by atoms with Crippen molar-refractivity contribution in [3.8, 4) is 0 Å². The van der Waals surface area contributed by atoms with Gasteiger partial charge in [0.2, 0.25) is 0 Å². The van der Waals surface area contributed by atoms with E-state index >= 15 is 0 Å². The maximum Gasteiger partial charge on any atom is 0.313 e. The molecule has 12 heavy (non-hydrogen) atoms. The van der Waals surface area contributed by atoms with Crippen LogP contribution in [0.25, 0.3) is 0 Å². The molecule has 0 heterocycles. The average molecular weight is 170 g/mol. The molecule has 68 valence electrons. The van der Waals surface area contributed by atoms with Crippen LogP contribution in [0, 0.1) is 5.92 Å². The number of rotatable bonds is 2. The molecule has 0 aromatic carbocycles. The largest absolute Gasteiger partial charge is 0.466 e. The van der Waals surface area contributed by atoms with Crippen LogP contribution in [-0.4, -0.2) is 23.8 Å². The molecule has 0 spiro atoms. The van der Waals surface area contributed by atoms with E-state index in [2.05, 4.69) is 0 Å². The minimum Gasteiger partial charge on any atom is -0.466 e. The van der Waals surface area contributed by atoms with Crippen LogP contribution in [0.2, 0.25) is 0 Å². The van der Waals surface area contributed by atoms with E-state index in [0.29, 0.717) is 13.0 Å². The Hall–Kier alpha value is -0.830. The topological polar surface area (TPSA) is 46.5 Å². The standard InChI is InChI=1S/C9H14O3/c1-3-12-9(11)8-5-7(10)4-6(8)2/h4,7-8,10H,3,5H2,1-2H3/t7-,8-/m1/s1. The van der Waals surface area contributed by atoms with E-state index < -0.39 is 6.10 Å². The van der Waals surface area contributed by atoms with Crippen LogP contribution in [-0.2, 0) is 9.53 Å². The van der Waals surface area contributed by atoms with Crippen LogP contribution in [0.5, 0.6) is 0 Å². The van der Waals surface area contributed by atoms with Crippen molar-refractivity contribution < 1.29 is 14.6 Å². The van der Waals surface area contributed by atoms with Crippen LogP contribution in [0.15, 0.2) is 11.6 Å². The summed E-state index contributed by atoms with van der Waals surface area (Å²) in [6.07, 6.45) is 1.71. The van der Waals surface area contributed by atoms with Crippen molar-refractivity contribution in [3.63, 3.8) is 0 Å². The number of ether oxygens (including phenoxy) is 1. The molecule has 0 aliphatic heterocycles. The summed E-state index contributed by atoms with van der Waals surface area (Å²) in [4.78, 5) is 11.2. The van der Waals surface area contributed by atoms with E-state index in [1.807, 2.05) is 6.92 Å². The van der Waals surface area contributed by atoms with Crippen LogP contribution in [0.1, 0.15) is 20.3 Å². The zero-order valence-electron chi connectivity index (χ0n) is 7.41. The smallest absolute Gasteiger partial charge is 0.313 e. The fourth-order valence-corrected chi connectivity index (χ4v) is 1.44. The van der Waals surface area contributed by atoms with E-state index in [9.17, 15) is 9.90 Å². The molecule has 0 radical (unpaired) electrons. The van der Waals surface area contributed by atoms with Gasteiger partial charge in [0.25, 0.3) is 0 Å². The molecule has 2 atom stereocenters. The number of esters is 1. The highest BCUT2D eigenvalue weighted by Gasteiger charge is 2.29. The Labute approximate surface area is 72.0 Å². The lowest BCUT2D eigenvalue weighted by Gasteiger charge is -2.10. The predicted molar refractivity (Wildman–Crippen MR) is 44.5 cm³/mol. The van der Waals surface area contributed by atoms with Gasteiger partial charge in [0, 0.05) is 0 Å². The minimum atomic E-state index is -0.473. The maximum atomic E-state index is 11.2. The number of hydrogen-bond acceptors (Lipinski definition) is 3. The second-order valence-electron chi connectivity index (χ2n) is 3.02. The van der Waals surface area contributed by atoms with Crippen molar-refractivity contribution in [3.05, 3.63) is 11.6 Å². The van der Waals surface area contributed by atoms with Gasteiger partial charge in [-0.15, -0.1) is 0 Å². The minimum absolute atomic E-state index is 0.220. The molecule has 0 aromatic heterocycles. The third kappa shape index (κ3) is 1.85. The van der Waals surface area contributed by atoms with Gasteiger partial charge in [0.05, 0.1) is 18.6 Å². The van der Waals surface area contributed by atoms with Gasteiger partial charge in [-0.3, -0.25) is 4.79 Å². The number of aliphatic hydroxyl groups is 1. The molecule has 0 fully saturated rings. The van der Waals surface area contributed by atoms with Crippen LogP contribution in [0.4, 0.5) is 0 Å². The first-order valence-corrected chi connectivity index (χ1v) is 4.18. The molecule has 0 unspecified atom stereocenters. The van der Waals surface area contributed by atoms with Crippen molar-refractivity contribution in [2.24, 2.45) is 5.92 Å². The van der Waals surface area contributed by atoms with Gasteiger partial charge in [-0.1, -0.05) is 11.6 Å². The van der Waals surface area contributed by atoms with Crippen LogP contribution < -0.4 is 0 Å². The molecule has 0 aromatic rings. The molecule has 0 bridgehead atoms. The fourth-order valence-electron chi connectivity index (χ4n) is 1.44. The summed E-state index contributed by atoms with van der Waals surface area (Å²) in [6, 6.07) is 0. The Morgan fingerprint density at radius 2 is 2.50 bits per heavy atom. The lowest BCUT2D eigenvalue weighted by Crippen LogP contribution is -2.18. The highest BCUT2D eigenvalue weighted by molar-refractivity contribution is 5.76. The van der Waals surface area contributed by atoms with Crippen molar-refractivity contribution in [1.82, 2.24) is 0 Å².